The lowest BCUT2D eigenvalue weighted by molar-refractivity contribution is 1.18. The van der Waals surface area contributed by atoms with Gasteiger partial charge >= 0.3 is 0 Å². The van der Waals surface area contributed by atoms with Gasteiger partial charge in [-0.15, -0.1) is 11.3 Å². The highest BCUT2D eigenvalue weighted by Crippen LogP contribution is 2.34. The lowest BCUT2D eigenvalue weighted by Crippen LogP contribution is -1.96. The molecule has 0 fully saturated rings. The molecular formula is C44H28N4S. The Balaban J connectivity index is 1.11. The molecule has 5 heteroatoms. The first-order valence-corrected chi connectivity index (χ1v) is 17.0. The van der Waals surface area contributed by atoms with Gasteiger partial charge in [-0.3, -0.25) is 4.98 Å². The summed E-state index contributed by atoms with van der Waals surface area (Å²) in [5.41, 5.74) is 12.5. The van der Waals surface area contributed by atoms with Gasteiger partial charge in [0.25, 0.3) is 0 Å². The Morgan fingerprint density at radius 2 is 0.939 bits per heavy atom. The largest absolute Gasteiger partial charge is 0.256 e. The third-order valence-electron chi connectivity index (χ3n) is 8.84. The summed E-state index contributed by atoms with van der Waals surface area (Å²) >= 11 is 1.71. The summed E-state index contributed by atoms with van der Waals surface area (Å²) < 4.78 is 1.19. The Morgan fingerprint density at radius 3 is 1.65 bits per heavy atom. The lowest BCUT2D eigenvalue weighted by Gasteiger charge is -2.11. The van der Waals surface area contributed by atoms with Crippen LogP contribution in [0.3, 0.4) is 0 Å². The molecule has 0 aliphatic heterocycles. The molecule has 0 saturated carbocycles. The maximum atomic E-state index is 5.11. The van der Waals surface area contributed by atoms with Crippen molar-refractivity contribution in [3.8, 4) is 66.7 Å². The average molecular weight is 645 g/mol. The van der Waals surface area contributed by atoms with Crippen LogP contribution in [0, 0.1) is 0 Å². The number of fused-ring (bicyclic) bond motifs is 2. The Hall–Kier alpha value is -6.30. The van der Waals surface area contributed by atoms with Crippen LogP contribution in [0.5, 0.6) is 0 Å². The van der Waals surface area contributed by atoms with Crippen LogP contribution in [0.15, 0.2) is 170 Å². The zero-order valence-electron chi connectivity index (χ0n) is 26.4. The van der Waals surface area contributed by atoms with Crippen molar-refractivity contribution >= 4 is 32.5 Å². The molecule has 0 spiro atoms. The van der Waals surface area contributed by atoms with Gasteiger partial charge < -0.3 is 0 Å². The second-order valence-corrected chi connectivity index (χ2v) is 13.0. The molecule has 0 saturated heterocycles. The van der Waals surface area contributed by atoms with Crippen molar-refractivity contribution in [3.05, 3.63) is 170 Å². The normalized spacial score (nSPS) is 11.3. The van der Waals surface area contributed by atoms with Crippen molar-refractivity contribution < 1.29 is 0 Å². The molecule has 0 amide bonds. The fraction of sp³-hybridized carbons (Fsp3) is 0. The molecule has 9 aromatic rings. The summed E-state index contributed by atoms with van der Waals surface area (Å²) in [6.07, 6.45) is 1.87. The number of rotatable bonds is 6. The summed E-state index contributed by atoms with van der Waals surface area (Å²) in [6, 6.07) is 56.8. The summed E-state index contributed by atoms with van der Waals surface area (Å²) in [4.78, 5) is 19.6. The maximum absolute atomic E-state index is 5.11. The molecule has 0 atom stereocenters. The highest BCUT2D eigenvalue weighted by atomic mass is 32.1. The van der Waals surface area contributed by atoms with Crippen molar-refractivity contribution in [1.82, 2.24) is 19.9 Å². The molecule has 0 radical (unpaired) electrons. The summed E-state index contributed by atoms with van der Waals surface area (Å²) in [7, 11) is 0. The van der Waals surface area contributed by atoms with Crippen LogP contribution >= 0.6 is 11.3 Å². The number of thiazole rings is 1. The standard InChI is InChI=1S/C44H28N4S/c1-2-8-29(9-3-1)30-14-22-34(23-15-30)43-46-40(32-18-16-31(17-19-32)36-26-27-45-38-11-5-4-10-37(36)38)28-41(47-43)33-20-24-35(25-21-33)44-48-39-12-6-7-13-42(39)49-44/h1-28H. The van der Waals surface area contributed by atoms with E-state index in [1.165, 1.54) is 10.3 Å². The van der Waals surface area contributed by atoms with E-state index in [4.69, 9.17) is 15.0 Å². The molecule has 4 nitrogen and oxygen atoms in total. The Bertz CT molecular complexity index is 2540. The molecule has 3 heterocycles. The van der Waals surface area contributed by atoms with Crippen molar-refractivity contribution in [2.75, 3.05) is 0 Å². The van der Waals surface area contributed by atoms with Gasteiger partial charge in [0.1, 0.15) is 5.01 Å². The molecule has 6 aromatic carbocycles. The first-order chi connectivity index (χ1) is 24.2. The third-order valence-corrected chi connectivity index (χ3v) is 9.92. The van der Waals surface area contributed by atoms with Crippen LogP contribution in [0.1, 0.15) is 0 Å². The second kappa shape index (κ2) is 12.4. The minimum atomic E-state index is 0.687. The number of aromatic nitrogens is 4. The predicted molar refractivity (Wildman–Crippen MR) is 203 cm³/mol. The van der Waals surface area contributed by atoms with E-state index in [1.807, 2.05) is 24.4 Å². The number of pyridine rings is 1. The highest BCUT2D eigenvalue weighted by Gasteiger charge is 2.13. The van der Waals surface area contributed by atoms with Crippen molar-refractivity contribution in [2.45, 2.75) is 0 Å². The van der Waals surface area contributed by atoms with E-state index in [-0.39, 0.29) is 0 Å². The molecular weight excluding hydrogens is 617 g/mol. The number of hydrogen-bond acceptors (Lipinski definition) is 5. The number of nitrogens with zero attached hydrogens (tertiary/aromatic N) is 4. The SMILES string of the molecule is c1ccc(-c2ccc(-c3nc(-c4ccc(-c5nc6ccccc6s5)cc4)cc(-c4ccc(-c5ccnc6ccccc56)cc4)n3)cc2)cc1. The van der Waals surface area contributed by atoms with Crippen molar-refractivity contribution in [2.24, 2.45) is 0 Å². The smallest absolute Gasteiger partial charge is 0.160 e. The molecule has 0 bridgehead atoms. The summed E-state index contributed by atoms with van der Waals surface area (Å²) in [5, 5.41) is 2.15. The molecule has 3 aromatic heterocycles. The van der Waals surface area contributed by atoms with Gasteiger partial charge in [0, 0.05) is 33.8 Å². The molecule has 9 rings (SSSR count). The van der Waals surface area contributed by atoms with E-state index >= 15 is 0 Å². The van der Waals surface area contributed by atoms with Crippen LogP contribution < -0.4 is 0 Å². The zero-order chi connectivity index (χ0) is 32.6. The number of benzene rings is 6. The van der Waals surface area contributed by atoms with E-state index in [0.29, 0.717) is 5.82 Å². The maximum Gasteiger partial charge on any atom is 0.160 e. The van der Waals surface area contributed by atoms with Crippen LogP contribution in [-0.4, -0.2) is 19.9 Å². The van der Waals surface area contributed by atoms with Crippen LogP contribution in [0.4, 0.5) is 0 Å². The average Bonchev–Trinajstić information content (AvgIpc) is 3.63. The lowest BCUT2D eigenvalue weighted by atomic mass is 9.99. The van der Waals surface area contributed by atoms with Gasteiger partial charge in [0.2, 0.25) is 0 Å². The van der Waals surface area contributed by atoms with Gasteiger partial charge in [-0.1, -0.05) is 133 Å². The van der Waals surface area contributed by atoms with E-state index in [2.05, 4.69) is 151 Å². The van der Waals surface area contributed by atoms with E-state index in [1.54, 1.807) is 11.3 Å². The van der Waals surface area contributed by atoms with Crippen molar-refractivity contribution in [3.63, 3.8) is 0 Å². The van der Waals surface area contributed by atoms with Gasteiger partial charge in [-0.05, 0) is 52.6 Å². The number of para-hydroxylation sites is 2. The Kier molecular flexibility index (Phi) is 7.30. The first kappa shape index (κ1) is 28.9. The second-order valence-electron chi connectivity index (χ2n) is 11.9. The van der Waals surface area contributed by atoms with Gasteiger partial charge in [0.15, 0.2) is 5.82 Å². The monoisotopic (exact) mass is 644 g/mol. The van der Waals surface area contributed by atoms with Gasteiger partial charge in [-0.2, -0.15) is 0 Å². The van der Waals surface area contributed by atoms with Crippen molar-refractivity contribution in [1.29, 1.82) is 0 Å². The fourth-order valence-corrected chi connectivity index (χ4v) is 7.23. The molecule has 0 unspecified atom stereocenters. The van der Waals surface area contributed by atoms with E-state index in [0.717, 1.165) is 71.8 Å². The molecule has 0 aliphatic carbocycles. The molecule has 0 N–H and O–H groups in total. The Labute approximate surface area is 288 Å². The van der Waals surface area contributed by atoms with Gasteiger partial charge in [-0.25, -0.2) is 15.0 Å². The Morgan fingerprint density at radius 1 is 0.388 bits per heavy atom. The summed E-state index contributed by atoms with van der Waals surface area (Å²) in [5.74, 6) is 0.687. The van der Waals surface area contributed by atoms with Crippen LogP contribution in [0.2, 0.25) is 0 Å². The van der Waals surface area contributed by atoms with E-state index < -0.39 is 0 Å². The highest BCUT2D eigenvalue weighted by molar-refractivity contribution is 7.21. The van der Waals surface area contributed by atoms with Crippen LogP contribution in [-0.2, 0) is 0 Å². The topological polar surface area (TPSA) is 51.6 Å². The molecule has 230 valence electrons. The third kappa shape index (κ3) is 5.67. The predicted octanol–water partition coefficient (Wildman–Crippen LogP) is 11.6. The molecule has 0 aliphatic rings. The quantitative estimate of drug-likeness (QED) is 0.181. The number of hydrogen-bond donors (Lipinski definition) is 0. The molecule has 49 heavy (non-hydrogen) atoms. The first-order valence-electron chi connectivity index (χ1n) is 16.2. The minimum Gasteiger partial charge on any atom is -0.256 e. The summed E-state index contributed by atoms with van der Waals surface area (Å²) in [6.45, 7) is 0. The fourth-order valence-electron chi connectivity index (χ4n) is 6.26. The van der Waals surface area contributed by atoms with Gasteiger partial charge in [0.05, 0.1) is 27.1 Å². The minimum absolute atomic E-state index is 0.687. The van der Waals surface area contributed by atoms with Crippen LogP contribution in [0.25, 0.3) is 87.8 Å². The van der Waals surface area contributed by atoms with E-state index in [9.17, 15) is 0 Å². The zero-order valence-corrected chi connectivity index (χ0v) is 27.2.